The largest absolute Gasteiger partial charge is 0.244 e. The Labute approximate surface area is 126 Å². The van der Waals surface area contributed by atoms with Crippen molar-refractivity contribution < 1.29 is 12.8 Å². The fourth-order valence-corrected chi connectivity index (χ4v) is 4.60. The second kappa shape index (κ2) is 5.74. The summed E-state index contributed by atoms with van der Waals surface area (Å²) in [6.07, 6.45) is 1.43. The zero-order valence-corrected chi connectivity index (χ0v) is 12.8. The lowest BCUT2D eigenvalue weighted by Gasteiger charge is -2.29. The van der Waals surface area contributed by atoms with Crippen LogP contribution >= 0.6 is 34.8 Å². The number of sulfonamides is 1. The lowest BCUT2D eigenvalue weighted by molar-refractivity contribution is 0.350. The second-order valence-corrected chi connectivity index (χ2v) is 7.58. The van der Waals surface area contributed by atoms with Crippen LogP contribution in [0.4, 0.5) is 4.39 Å². The zero-order valence-electron chi connectivity index (χ0n) is 9.74. The van der Waals surface area contributed by atoms with E-state index in [1.165, 1.54) is 16.4 Å². The normalized spacial score (nSPS) is 21.6. The predicted molar refractivity (Wildman–Crippen MR) is 74.1 cm³/mol. The van der Waals surface area contributed by atoms with Crippen LogP contribution in [0.3, 0.4) is 0 Å². The molecule has 8 heteroatoms. The standard InChI is InChI=1S/C11H11Cl3FNO2S/c12-7-2-1-5-16(6-7)19(17,18)9-4-3-8(13)11(15)10(9)14/h3-4,7H,1-2,5-6H2. The van der Waals surface area contributed by atoms with Gasteiger partial charge in [-0.2, -0.15) is 4.31 Å². The third-order valence-electron chi connectivity index (χ3n) is 2.94. The molecule has 0 amide bonds. The fraction of sp³-hybridized carbons (Fsp3) is 0.455. The smallest absolute Gasteiger partial charge is 0.207 e. The highest BCUT2D eigenvalue weighted by molar-refractivity contribution is 7.89. The van der Waals surface area contributed by atoms with Crippen LogP contribution in [-0.4, -0.2) is 31.2 Å². The minimum absolute atomic E-state index is 0.199. The molecule has 2 rings (SSSR count). The molecule has 0 bridgehead atoms. The molecule has 1 atom stereocenters. The summed E-state index contributed by atoms with van der Waals surface area (Å²) >= 11 is 17.3. The number of hydrogen-bond donors (Lipinski definition) is 0. The van der Waals surface area contributed by atoms with Crippen molar-refractivity contribution in [1.82, 2.24) is 4.31 Å². The van der Waals surface area contributed by atoms with Crippen molar-refractivity contribution in [1.29, 1.82) is 0 Å². The lowest BCUT2D eigenvalue weighted by Crippen LogP contribution is -2.40. The quantitative estimate of drug-likeness (QED) is 0.607. The van der Waals surface area contributed by atoms with Gasteiger partial charge in [-0.05, 0) is 25.0 Å². The molecular formula is C11H11Cl3FNO2S. The summed E-state index contributed by atoms with van der Waals surface area (Å²) in [5.74, 6) is -0.927. The molecule has 0 saturated carbocycles. The average Bonchev–Trinajstić information content (AvgIpc) is 2.36. The maximum absolute atomic E-state index is 13.6. The van der Waals surface area contributed by atoms with Crippen LogP contribution in [0.5, 0.6) is 0 Å². The summed E-state index contributed by atoms with van der Waals surface area (Å²) in [6.45, 7) is 0.552. The molecule has 0 radical (unpaired) electrons. The monoisotopic (exact) mass is 345 g/mol. The number of rotatable bonds is 2. The highest BCUT2D eigenvalue weighted by atomic mass is 35.5. The van der Waals surface area contributed by atoms with Crippen LogP contribution in [0, 0.1) is 5.82 Å². The first-order chi connectivity index (χ1) is 8.84. The molecule has 1 unspecified atom stereocenters. The maximum atomic E-state index is 13.6. The molecule has 3 nitrogen and oxygen atoms in total. The first kappa shape index (κ1) is 15.3. The van der Waals surface area contributed by atoms with Crippen LogP contribution in [0.1, 0.15) is 12.8 Å². The second-order valence-electron chi connectivity index (χ2n) is 4.28. The van der Waals surface area contributed by atoms with Gasteiger partial charge in [0.05, 0.1) is 10.0 Å². The van der Waals surface area contributed by atoms with Gasteiger partial charge in [-0.1, -0.05) is 23.2 Å². The van der Waals surface area contributed by atoms with E-state index in [-0.39, 0.29) is 21.8 Å². The molecule has 1 aromatic carbocycles. The molecule has 0 N–H and O–H groups in total. The summed E-state index contributed by atoms with van der Waals surface area (Å²) in [6, 6.07) is 2.39. The maximum Gasteiger partial charge on any atom is 0.244 e. The van der Waals surface area contributed by atoms with Gasteiger partial charge in [0, 0.05) is 18.5 Å². The highest BCUT2D eigenvalue weighted by Crippen LogP contribution is 2.32. The molecule has 1 aromatic rings. The van der Waals surface area contributed by atoms with E-state index in [4.69, 9.17) is 34.8 Å². The van der Waals surface area contributed by atoms with Gasteiger partial charge in [-0.15, -0.1) is 11.6 Å². The Morgan fingerprint density at radius 2 is 2.00 bits per heavy atom. The third kappa shape index (κ3) is 3.00. The first-order valence-corrected chi connectivity index (χ1v) is 8.25. The number of alkyl halides is 1. The number of piperidine rings is 1. The van der Waals surface area contributed by atoms with Gasteiger partial charge < -0.3 is 0 Å². The molecule has 106 valence electrons. The van der Waals surface area contributed by atoms with Gasteiger partial charge >= 0.3 is 0 Å². The van der Waals surface area contributed by atoms with E-state index in [0.29, 0.717) is 13.0 Å². The van der Waals surface area contributed by atoms with Crippen LogP contribution in [0.25, 0.3) is 0 Å². The van der Waals surface area contributed by atoms with Gasteiger partial charge in [-0.3, -0.25) is 0 Å². The van der Waals surface area contributed by atoms with Gasteiger partial charge in [0.1, 0.15) is 4.90 Å². The molecule has 0 spiro atoms. The van der Waals surface area contributed by atoms with Gasteiger partial charge in [0.15, 0.2) is 5.82 Å². The van der Waals surface area contributed by atoms with Gasteiger partial charge in [0.25, 0.3) is 0 Å². The highest BCUT2D eigenvalue weighted by Gasteiger charge is 2.32. The molecule has 1 saturated heterocycles. The number of nitrogens with zero attached hydrogens (tertiary/aromatic N) is 1. The minimum atomic E-state index is -3.85. The van der Waals surface area contributed by atoms with Crippen molar-refractivity contribution in [3.8, 4) is 0 Å². The molecular weight excluding hydrogens is 336 g/mol. The Bertz CT molecular complexity index is 594. The van der Waals surface area contributed by atoms with E-state index in [1.54, 1.807) is 0 Å². The summed E-state index contributed by atoms with van der Waals surface area (Å²) in [7, 11) is -3.85. The summed E-state index contributed by atoms with van der Waals surface area (Å²) < 4.78 is 39.6. The van der Waals surface area contributed by atoms with Crippen LogP contribution in [0.15, 0.2) is 17.0 Å². The van der Waals surface area contributed by atoms with Gasteiger partial charge in [0.2, 0.25) is 10.0 Å². The predicted octanol–water partition coefficient (Wildman–Crippen LogP) is 3.52. The van der Waals surface area contributed by atoms with Crippen molar-refractivity contribution >= 4 is 44.8 Å². The van der Waals surface area contributed by atoms with E-state index in [0.717, 1.165) is 6.42 Å². The zero-order chi connectivity index (χ0) is 14.2. The molecule has 19 heavy (non-hydrogen) atoms. The van der Waals surface area contributed by atoms with Crippen molar-refractivity contribution in [3.63, 3.8) is 0 Å². The van der Waals surface area contributed by atoms with E-state index < -0.39 is 20.9 Å². The molecule has 1 fully saturated rings. The minimum Gasteiger partial charge on any atom is -0.207 e. The molecule has 1 heterocycles. The van der Waals surface area contributed by atoms with Crippen molar-refractivity contribution in [3.05, 3.63) is 28.0 Å². The molecule has 0 aliphatic carbocycles. The Balaban J connectivity index is 2.42. The van der Waals surface area contributed by atoms with E-state index in [2.05, 4.69) is 0 Å². The lowest BCUT2D eigenvalue weighted by atomic mass is 10.2. The first-order valence-electron chi connectivity index (χ1n) is 5.61. The van der Waals surface area contributed by atoms with E-state index in [9.17, 15) is 12.8 Å². The topological polar surface area (TPSA) is 37.4 Å². The molecule has 1 aliphatic rings. The molecule has 1 aliphatic heterocycles. The van der Waals surface area contributed by atoms with Crippen LogP contribution in [-0.2, 0) is 10.0 Å². The molecule has 0 aromatic heterocycles. The average molecular weight is 347 g/mol. The summed E-state index contributed by atoms with van der Waals surface area (Å²) in [4.78, 5) is -0.276. The van der Waals surface area contributed by atoms with Crippen LogP contribution < -0.4 is 0 Å². The number of halogens is 4. The van der Waals surface area contributed by atoms with Gasteiger partial charge in [-0.25, -0.2) is 12.8 Å². The Morgan fingerprint density at radius 3 is 2.63 bits per heavy atom. The van der Waals surface area contributed by atoms with Crippen LogP contribution in [0.2, 0.25) is 10.0 Å². The Morgan fingerprint density at radius 1 is 1.32 bits per heavy atom. The van der Waals surface area contributed by atoms with E-state index >= 15 is 0 Å². The summed E-state index contributed by atoms with van der Waals surface area (Å²) in [5, 5.41) is -0.929. The third-order valence-corrected chi connectivity index (χ3v) is 5.98. The number of benzene rings is 1. The SMILES string of the molecule is O=S(=O)(c1ccc(Cl)c(F)c1Cl)N1CCCC(Cl)C1. The van der Waals surface area contributed by atoms with E-state index in [1.807, 2.05) is 0 Å². The number of hydrogen-bond acceptors (Lipinski definition) is 2. The van der Waals surface area contributed by atoms with Crippen molar-refractivity contribution in [2.75, 3.05) is 13.1 Å². The van der Waals surface area contributed by atoms with Crippen molar-refractivity contribution in [2.45, 2.75) is 23.1 Å². The summed E-state index contributed by atoms with van der Waals surface area (Å²) in [5.41, 5.74) is 0. The Kier molecular flexibility index (Phi) is 4.63. The Hall–Kier alpha value is -0.0700. The fourth-order valence-electron chi connectivity index (χ4n) is 1.96. The van der Waals surface area contributed by atoms with Crippen molar-refractivity contribution in [2.24, 2.45) is 0 Å².